The first-order valence-corrected chi connectivity index (χ1v) is 7.49. The van der Waals surface area contributed by atoms with Gasteiger partial charge in [0.25, 0.3) is 0 Å². The number of carbonyl (C=O) groups excluding carboxylic acids is 1. The molecule has 2 aromatic rings. The quantitative estimate of drug-likeness (QED) is 0.916. The Kier molecular flexibility index (Phi) is 4.11. The molecule has 0 radical (unpaired) electrons. The van der Waals surface area contributed by atoms with E-state index in [1.54, 1.807) is 0 Å². The van der Waals surface area contributed by atoms with Crippen LogP contribution in [0, 0.1) is 0 Å². The molecule has 0 spiro atoms. The van der Waals surface area contributed by atoms with Crippen LogP contribution in [-0.4, -0.2) is 19.0 Å². The van der Waals surface area contributed by atoms with E-state index in [-0.39, 0.29) is 5.91 Å². The van der Waals surface area contributed by atoms with E-state index in [0.29, 0.717) is 11.4 Å². The summed E-state index contributed by atoms with van der Waals surface area (Å²) in [6.07, 6.45) is 1.31. The van der Waals surface area contributed by atoms with Crippen molar-refractivity contribution in [2.24, 2.45) is 0 Å². The molecule has 0 fully saturated rings. The summed E-state index contributed by atoms with van der Waals surface area (Å²) in [7, 11) is 0. The molecule has 0 unspecified atom stereocenters. The van der Waals surface area contributed by atoms with Gasteiger partial charge in [0.15, 0.2) is 0 Å². The van der Waals surface area contributed by atoms with Crippen molar-refractivity contribution >= 4 is 28.9 Å². The van der Waals surface area contributed by atoms with E-state index in [0.717, 1.165) is 36.4 Å². The minimum Gasteiger partial charge on any atom is -0.383 e. The van der Waals surface area contributed by atoms with Gasteiger partial charge in [-0.3, -0.25) is 4.79 Å². The third-order valence-corrected chi connectivity index (χ3v) is 3.85. The average Bonchev–Trinajstić information content (AvgIpc) is 2.69. The summed E-state index contributed by atoms with van der Waals surface area (Å²) in [5, 5.41) is 4.03. The van der Waals surface area contributed by atoms with Crippen LogP contribution in [0.25, 0.3) is 0 Å². The van der Waals surface area contributed by atoms with E-state index in [4.69, 9.17) is 11.6 Å². The molecular weight excluding hydrogens is 284 g/mol. The standard InChI is InChI=1S/C17H17ClN2O/c18-14-6-3-5-13(11-14)12-17(21)20-10-4-9-19-15-7-1-2-8-16(15)20/h1-3,5-8,11,19H,4,9-10,12H2. The molecule has 0 atom stereocenters. The molecule has 3 rings (SSSR count). The van der Waals surface area contributed by atoms with Crippen LogP contribution in [0.3, 0.4) is 0 Å². The van der Waals surface area contributed by atoms with Gasteiger partial charge in [0.05, 0.1) is 17.8 Å². The second kappa shape index (κ2) is 6.19. The van der Waals surface area contributed by atoms with E-state index in [2.05, 4.69) is 5.32 Å². The summed E-state index contributed by atoms with van der Waals surface area (Å²) in [5.41, 5.74) is 2.93. The third-order valence-electron chi connectivity index (χ3n) is 3.61. The lowest BCUT2D eigenvalue weighted by molar-refractivity contribution is -0.118. The molecule has 0 saturated heterocycles. The summed E-state index contributed by atoms with van der Waals surface area (Å²) in [4.78, 5) is 14.5. The van der Waals surface area contributed by atoms with Crippen molar-refractivity contribution < 1.29 is 4.79 Å². The van der Waals surface area contributed by atoms with Crippen LogP contribution in [0.4, 0.5) is 11.4 Å². The lowest BCUT2D eigenvalue weighted by Gasteiger charge is -2.22. The van der Waals surface area contributed by atoms with Crippen molar-refractivity contribution in [2.75, 3.05) is 23.3 Å². The van der Waals surface area contributed by atoms with Gasteiger partial charge in [-0.2, -0.15) is 0 Å². The highest BCUT2D eigenvalue weighted by molar-refractivity contribution is 6.30. The summed E-state index contributed by atoms with van der Waals surface area (Å²) in [5.74, 6) is 0.105. The van der Waals surface area contributed by atoms with Crippen LogP contribution >= 0.6 is 11.6 Å². The third kappa shape index (κ3) is 3.19. The lowest BCUT2D eigenvalue weighted by atomic mass is 10.1. The maximum absolute atomic E-state index is 12.6. The number of hydrogen-bond donors (Lipinski definition) is 1. The molecule has 1 amide bonds. The zero-order valence-electron chi connectivity index (χ0n) is 11.7. The SMILES string of the molecule is O=C(Cc1cccc(Cl)c1)N1CCCNc2ccccc21. The first-order valence-electron chi connectivity index (χ1n) is 7.12. The smallest absolute Gasteiger partial charge is 0.231 e. The van der Waals surface area contributed by atoms with Gasteiger partial charge in [-0.25, -0.2) is 0 Å². The Morgan fingerprint density at radius 1 is 1.19 bits per heavy atom. The zero-order chi connectivity index (χ0) is 14.7. The molecule has 1 aliphatic heterocycles. The molecule has 4 heteroatoms. The molecule has 0 aliphatic carbocycles. The second-order valence-corrected chi connectivity index (χ2v) is 5.59. The van der Waals surface area contributed by atoms with Crippen LogP contribution in [0.2, 0.25) is 5.02 Å². The molecular formula is C17H17ClN2O. The zero-order valence-corrected chi connectivity index (χ0v) is 12.4. The Morgan fingerprint density at radius 2 is 2.05 bits per heavy atom. The van der Waals surface area contributed by atoms with Crippen LogP contribution in [0.5, 0.6) is 0 Å². The number of amides is 1. The van der Waals surface area contributed by atoms with Gasteiger partial charge in [-0.1, -0.05) is 35.9 Å². The number of halogens is 1. The second-order valence-electron chi connectivity index (χ2n) is 5.15. The molecule has 1 aliphatic rings. The van der Waals surface area contributed by atoms with Gasteiger partial charge in [0.2, 0.25) is 5.91 Å². The molecule has 21 heavy (non-hydrogen) atoms. The predicted molar refractivity (Wildman–Crippen MR) is 87.1 cm³/mol. The minimum atomic E-state index is 0.105. The summed E-state index contributed by atoms with van der Waals surface area (Å²) in [6, 6.07) is 15.4. The van der Waals surface area contributed by atoms with Crippen molar-refractivity contribution in [3.8, 4) is 0 Å². The summed E-state index contributed by atoms with van der Waals surface area (Å²) >= 11 is 5.99. The number of nitrogens with zero attached hydrogens (tertiary/aromatic N) is 1. The lowest BCUT2D eigenvalue weighted by Crippen LogP contribution is -2.32. The van der Waals surface area contributed by atoms with Crippen LogP contribution in [0.1, 0.15) is 12.0 Å². The van der Waals surface area contributed by atoms with Gasteiger partial charge in [-0.15, -0.1) is 0 Å². The molecule has 0 bridgehead atoms. The Morgan fingerprint density at radius 3 is 2.90 bits per heavy atom. The Balaban J connectivity index is 1.84. The minimum absolute atomic E-state index is 0.105. The predicted octanol–water partition coefficient (Wildman–Crippen LogP) is 3.73. The van der Waals surface area contributed by atoms with Crippen LogP contribution < -0.4 is 10.2 Å². The number of carbonyl (C=O) groups is 1. The molecule has 108 valence electrons. The summed E-state index contributed by atoms with van der Waals surface area (Å²) in [6.45, 7) is 1.63. The summed E-state index contributed by atoms with van der Waals surface area (Å²) < 4.78 is 0. The van der Waals surface area contributed by atoms with Gasteiger partial charge in [0.1, 0.15) is 0 Å². The normalized spacial score (nSPS) is 14.0. The Bertz CT molecular complexity index is 657. The van der Waals surface area contributed by atoms with Crippen molar-refractivity contribution in [1.29, 1.82) is 0 Å². The van der Waals surface area contributed by atoms with E-state index in [9.17, 15) is 4.79 Å². The van der Waals surface area contributed by atoms with E-state index in [1.807, 2.05) is 53.4 Å². The van der Waals surface area contributed by atoms with Gasteiger partial charge < -0.3 is 10.2 Å². The Labute approximate surface area is 129 Å². The van der Waals surface area contributed by atoms with E-state index in [1.165, 1.54) is 0 Å². The van der Waals surface area contributed by atoms with Gasteiger partial charge >= 0.3 is 0 Å². The van der Waals surface area contributed by atoms with Crippen LogP contribution in [0.15, 0.2) is 48.5 Å². The highest BCUT2D eigenvalue weighted by Crippen LogP contribution is 2.28. The largest absolute Gasteiger partial charge is 0.383 e. The van der Waals surface area contributed by atoms with Gasteiger partial charge in [-0.05, 0) is 36.2 Å². The highest BCUT2D eigenvalue weighted by atomic mass is 35.5. The number of benzene rings is 2. The molecule has 3 nitrogen and oxygen atoms in total. The van der Waals surface area contributed by atoms with E-state index >= 15 is 0 Å². The number of anilines is 2. The molecule has 2 aromatic carbocycles. The molecule has 0 aromatic heterocycles. The van der Waals surface area contributed by atoms with Crippen molar-refractivity contribution in [1.82, 2.24) is 0 Å². The van der Waals surface area contributed by atoms with Crippen molar-refractivity contribution in [3.05, 3.63) is 59.1 Å². The maximum Gasteiger partial charge on any atom is 0.231 e. The first-order chi connectivity index (χ1) is 10.2. The number of nitrogens with one attached hydrogen (secondary N) is 1. The monoisotopic (exact) mass is 300 g/mol. The molecule has 1 heterocycles. The average molecular weight is 301 g/mol. The fourth-order valence-electron chi connectivity index (χ4n) is 2.62. The van der Waals surface area contributed by atoms with Crippen LogP contribution in [-0.2, 0) is 11.2 Å². The fraction of sp³-hybridized carbons (Fsp3) is 0.235. The molecule has 1 N–H and O–H groups in total. The van der Waals surface area contributed by atoms with E-state index < -0.39 is 0 Å². The Hall–Kier alpha value is -2.00. The highest BCUT2D eigenvalue weighted by Gasteiger charge is 2.20. The number of fused-ring (bicyclic) bond motifs is 1. The fourth-order valence-corrected chi connectivity index (χ4v) is 2.83. The topological polar surface area (TPSA) is 32.3 Å². The van der Waals surface area contributed by atoms with Gasteiger partial charge in [0, 0.05) is 18.1 Å². The maximum atomic E-state index is 12.6. The number of hydrogen-bond acceptors (Lipinski definition) is 2. The molecule has 0 saturated carbocycles. The first kappa shape index (κ1) is 14.0. The van der Waals surface area contributed by atoms with Crippen molar-refractivity contribution in [2.45, 2.75) is 12.8 Å². The number of rotatable bonds is 2. The number of para-hydroxylation sites is 2. The van der Waals surface area contributed by atoms with Crippen molar-refractivity contribution in [3.63, 3.8) is 0 Å².